The molecule has 0 saturated heterocycles. The van der Waals surface area contributed by atoms with Crippen molar-refractivity contribution >= 4 is 22.9 Å². The van der Waals surface area contributed by atoms with Crippen LogP contribution in [0.4, 0.5) is 10.1 Å². The fourth-order valence-electron chi connectivity index (χ4n) is 2.34. The van der Waals surface area contributed by atoms with E-state index in [4.69, 9.17) is 4.52 Å². The maximum atomic E-state index is 12.9. The van der Waals surface area contributed by atoms with Gasteiger partial charge in [0.25, 0.3) is 5.91 Å². The molecular formula is C17H14FN3O2S. The highest BCUT2D eigenvalue weighted by Gasteiger charge is 2.30. The molecule has 1 aliphatic carbocycles. The first kappa shape index (κ1) is 15.0. The lowest BCUT2D eigenvalue weighted by Crippen LogP contribution is -2.11. The quantitative estimate of drug-likeness (QED) is 0.763. The Morgan fingerprint density at radius 2 is 2.08 bits per heavy atom. The highest BCUT2D eigenvalue weighted by Crippen LogP contribution is 2.40. The molecule has 0 atom stereocenters. The maximum Gasteiger partial charge on any atom is 0.255 e. The van der Waals surface area contributed by atoms with Crippen molar-refractivity contribution in [1.82, 2.24) is 10.1 Å². The van der Waals surface area contributed by atoms with E-state index in [9.17, 15) is 9.18 Å². The minimum atomic E-state index is -0.371. The Hall–Kier alpha value is -2.54. The topological polar surface area (TPSA) is 68.0 Å². The van der Waals surface area contributed by atoms with E-state index >= 15 is 0 Å². The summed E-state index contributed by atoms with van der Waals surface area (Å²) in [6.07, 6.45) is 2.20. The second kappa shape index (κ2) is 5.83. The first-order valence-electron chi connectivity index (χ1n) is 7.61. The van der Waals surface area contributed by atoms with E-state index in [1.54, 1.807) is 0 Å². The van der Waals surface area contributed by atoms with Gasteiger partial charge in [-0.3, -0.25) is 4.79 Å². The number of rotatable bonds is 4. The van der Waals surface area contributed by atoms with Gasteiger partial charge in [0.2, 0.25) is 11.7 Å². The minimum absolute atomic E-state index is 0.283. The van der Waals surface area contributed by atoms with E-state index < -0.39 is 0 Å². The summed E-state index contributed by atoms with van der Waals surface area (Å²) >= 11 is 1.49. The van der Waals surface area contributed by atoms with Crippen molar-refractivity contribution in [3.63, 3.8) is 0 Å². The van der Waals surface area contributed by atoms with E-state index in [-0.39, 0.29) is 11.7 Å². The normalized spacial score (nSPS) is 13.9. The fourth-order valence-corrected chi connectivity index (χ4v) is 3.24. The maximum absolute atomic E-state index is 12.9. The average Bonchev–Trinajstić information content (AvgIpc) is 3.19. The number of carbonyl (C=O) groups excluding carboxylic acids is 1. The second-order valence-corrected chi connectivity index (χ2v) is 7.03. The number of hydrogen-bond acceptors (Lipinski definition) is 5. The van der Waals surface area contributed by atoms with Crippen LogP contribution < -0.4 is 5.32 Å². The van der Waals surface area contributed by atoms with Gasteiger partial charge in [-0.1, -0.05) is 5.16 Å². The van der Waals surface area contributed by atoms with E-state index in [0.29, 0.717) is 28.9 Å². The van der Waals surface area contributed by atoms with E-state index in [1.807, 2.05) is 13.0 Å². The van der Waals surface area contributed by atoms with E-state index in [1.165, 1.54) is 35.6 Å². The van der Waals surface area contributed by atoms with Crippen molar-refractivity contribution in [2.24, 2.45) is 0 Å². The summed E-state index contributed by atoms with van der Waals surface area (Å²) in [5.74, 6) is 0.989. The number of nitrogens with one attached hydrogen (secondary N) is 1. The molecule has 2 heterocycles. The average molecular weight is 343 g/mol. The monoisotopic (exact) mass is 343 g/mol. The first-order valence-corrected chi connectivity index (χ1v) is 8.43. The predicted molar refractivity (Wildman–Crippen MR) is 88.7 cm³/mol. The standard InChI is InChI=1S/C17H14FN3O2S/c1-9-13(19-16(22)10-4-6-12(18)7-5-10)8-14(24-9)15-20-17(23-21-15)11-2-3-11/h4-8,11H,2-3H2,1H3,(H,19,22). The van der Waals surface area contributed by atoms with Crippen molar-refractivity contribution in [2.45, 2.75) is 25.7 Å². The second-order valence-electron chi connectivity index (χ2n) is 5.77. The fraction of sp³-hybridized carbons (Fsp3) is 0.235. The van der Waals surface area contributed by atoms with Crippen LogP contribution in [0.5, 0.6) is 0 Å². The number of anilines is 1. The minimum Gasteiger partial charge on any atom is -0.339 e. The smallest absolute Gasteiger partial charge is 0.255 e. The molecule has 1 N–H and O–H groups in total. The summed E-state index contributed by atoms with van der Waals surface area (Å²) in [7, 11) is 0. The number of aryl methyl sites for hydroxylation is 1. The molecule has 0 unspecified atom stereocenters. The number of aromatic nitrogens is 2. The lowest BCUT2D eigenvalue weighted by molar-refractivity contribution is 0.102. The summed E-state index contributed by atoms with van der Waals surface area (Å²) in [5, 5.41) is 6.86. The molecule has 3 aromatic rings. The predicted octanol–water partition coefficient (Wildman–Crippen LogP) is 4.38. The van der Waals surface area contributed by atoms with Gasteiger partial charge < -0.3 is 9.84 Å². The SMILES string of the molecule is Cc1sc(-c2noc(C3CC3)n2)cc1NC(=O)c1ccc(F)cc1. The van der Waals surface area contributed by atoms with Crippen molar-refractivity contribution in [2.75, 3.05) is 5.32 Å². The molecule has 0 radical (unpaired) electrons. The zero-order valence-electron chi connectivity index (χ0n) is 12.9. The number of hydrogen-bond donors (Lipinski definition) is 1. The molecule has 0 aliphatic heterocycles. The lowest BCUT2D eigenvalue weighted by Gasteiger charge is -2.04. The van der Waals surface area contributed by atoms with Gasteiger partial charge in [0.15, 0.2) is 0 Å². The summed E-state index contributed by atoms with van der Waals surface area (Å²) in [6.45, 7) is 1.91. The van der Waals surface area contributed by atoms with Crippen LogP contribution in [0.3, 0.4) is 0 Å². The molecule has 1 saturated carbocycles. The largest absolute Gasteiger partial charge is 0.339 e. The van der Waals surface area contributed by atoms with Gasteiger partial charge in [-0.2, -0.15) is 4.98 Å². The van der Waals surface area contributed by atoms with Crippen LogP contribution >= 0.6 is 11.3 Å². The van der Waals surface area contributed by atoms with Crippen LogP contribution in [-0.4, -0.2) is 16.0 Å². The van der Waals surface area contributed by atoms with Gasteiger partial charge in [-0.15, -0.1) is 11.3 Å². The number of benzene rings is 1. The Morgan fingerprint density at radius 1 is 1.33 bits per heavy atom. The van der Waals surface area contributed by atoms with Gasteiger partial charge in [-0.25, -0.2) is 4.39 Å². The molecule has 122 valence electrons. The molecule has 5 nitrogen and oxygen atoms in total. The van der Waals surface area contributed by atoms with E-state index in [2.05, 4.69) is 15.5 Å². The Kier molecular flexibility index (Phi) is 3.65. The third-order valence-electron chi connectivity index (χ3n) is 3.86. The van der Waals surface area contributed by atoms with Crippen LogP contribution in [0.2, 0.25) is 0 Å². The van der Waals surface area contributed by atoms with Gasteiger partial charge in [0.05, 0.1) is 10.6 Å². The molecule has 1 fully saturated rings. The Morgan fingerprint density at radius 3 is 2.79 bits per heavy atom. The summed E-state index contributed by atoms with van der Waals surface area (Å²) in [6, 6.07) is 7.27. The molecule has 0 spiro atoms. The lowest BCUT2D eigenvalue weighted by atomic mass is 10.2. The molecule has 4 rings (SSSR count). The Balaban J connectivity index is 1.54. The molecule has 7 heteroatoms. The summed E-state index contributed by atoms with van der Waals surface area (Å²) in [4.78, 5) is 18.5. The van der Waals surface area contributed by atoms with Crippen molar-refractivity contribution in [3.8, 4) is 10.7 Å². The zero-order valence-corrected chi connectivity index (χ0v) is 13.7. The number of halogens is 1. The number of carbonyl (C=O) groups is 1. The van der Waals surface area contributed by atoms with Crippen molar-refractivity contribution in [1.29, 1.82) is 0 Å². The molecular weight excluding hydrogens is 329 g/mol. The molecule has 1 aliphatic rings. The molecule has 1 amide bonds. The Bertz CT molecular complexity index is 897. The summed E-state index contributed by atoms with van der Waals surface area (Å²) in [5.41, 5.74) is 1.10. The van der Waals surface area contributed by atoms with Crippen molar-refractivity contribution in [3.05, 3.63) is 52.5 Å². The summed E-state index contributed by atoms with van der Waals surface area (Å²) < 4.78 is 18.2. The number of thiophene rings is 1. The van der Waals surface area contributed by atoms with Crippen LogP contribution in [0, 0.1) is 12.7 Å². The number of nitrogens with zero attached hydrogens (tertiary/aromatic N) is 2. The first-order chi connectivity index (χ1) is 11.6. The highest BCUT2D eigenvalue weighted by molar-refractivity contribution is 7.16. The zero-order chi connectivity index (χ0) is 16.7. The van der Waals surface area contributed by atoms with Gasteiger partial charge in [0.1, 0.15) is 5.82 Å². The number of amides is 1. The molecule has 2 aromatic heterocycles. The van der Waals surface area contributed by atoms with Gasteiger partial charge in [-0.05, 0) is 50.1 Å². The van der Waals surface area contributed by atoms with Crippen LogP contribution in [0.25, 0.3) is 10.7 Å². The van der Waals surface area contributed by atoms with Crippen LogP contribution in [0.1, 0.15) is 39.9 Å². The Labute approximate surface area is 141 Å². The van der Waals surface area contributed by atoms with Crippen LogP contribution in [-0.2, 0) is 0 Å². The van der Waals surface area contributed by atoms with Crippen LogP contribution in [0.15, 0.2) is 34.9 Å². The van der Waals surface area contributed by atoms with Gasteiger partial charge in [0, 0.05) is 16.4 Å². The third-order valence-corrected chi connectivity index (χ3v) is 4.91. The highest BCUT2D eigenvalue weighted by atomic mass is 32.1. The molecule has 24 heavy (non-hydrogen) atoms. The van der Waals surface area contributed by atoms with E-state index in [0.717, 1.165) is 22.6 Å². The van der Waals surface area contributed by atoms with Gasteiger partial charge >= 0.3 is 0 Å². The third kappa shape index (κ3) is 2.94. The molecule has 1 aromatic carbocycles. The van der Waals surface area contributed by atoms with Crippen molar-refractivity contribution < 1.29 is 13.7 Å². The molecule has 0 bridgehead atoms.